The van der Waals surface area contributed by atoms with E-state index in [4.69, 9.17) is 18.9 Å². The molecule has 1 fully saturated rings. The van der Waals surface area contributed by atoms with Crippen LogP contribution >= 0.6 is 0 Å². The van der Waals surface area contributed by atoms with Crippen molar-refractivity contribution < 1.29 is 54.7 Å². The van der Waals surface area contributed by atoms with Crippen molar-refractivity contribution in [2.24, 2.45) is 0 Å². The molecule has 0 aromatic heterocycles. The van der Waals surface area contributed by atoms with Gasteiger partial charge in [-0.2, -0.15) is 0 Å². The Bertz CT molecular complexity index is 966. The molecule has 1 heterocycles. The van der Waals surface area contributed by atoms with Crippen molar-refractivity contribution in [1.82, 2.24) is 0 Å². The van der Waals surface area contributed by atoms with Gasteiger partial charge in [0.15, 0.2) is 29.3 Å². The lowest BCUT2D eigenvalue weighted by atomic mass is 9.86. The molecule has 11 nitrogen and oxygen atoms in total. The fourth-order valence-electron chi connectivity index (χ4n) is 4.16. The molecular weight excluding hydrogens is 464 g/mol. The summed E-state index contributed by atoms with van der Waals surface area (Å²) < 4.78 is 22.1. The number of benzene rings is 2. The maximum absolute atomic E-state index is 10.6. The third-order valence-electron chi connectivity index (χ3n) is 6.10. The molecule has 2 aromatic rings. The Hall–Kier alpha value is -2.64. The molecule has 3 rings (SSSR count). The summed E-state index contributed by atoms with van der Waals surface area (Å²) in [4.78, 5) is 0. The van der Waals surface area contributed by atoms with Gasteiger partial charge in [0.25, 0.3) is 0 Å². The van der Waals surface area contributed by atoms with Gasteiger partial charge in [-0.05, 0) is 41.8 Å². The minimum atomic E-state index is -1.65. The average Bonchev–Trinajstić information content (AvgIpc) is 2.86. The van der Waals surface area contributed by atoms with E-state index in [0.29, 0.717) is 11.1 Å². The van der Waals surface area contributed by atoms with Gasteiger partial charge in [0, 0.05) is 12.5 Å². The van der Waals surface area contributed by atoms with Crippen molar-refractivity contribution in [2.45, 2.75) is 49.1 Å². The molecule has 2 aromatic carbocycles. The minimum Gasteiger partial charge on any atom is -0.504 e. The van der Waals surface area contributed by atoms with Crippen LogP contribution < -0.4 is 9.47 Å². The van der Waals surface area contributed by atoms with Gasteiger partial charge in [-0.15, -0.1) is 0 Å². The zero-order chi connectivity index (χ0) is 25.7. The average molecular weight is 497 g/mol. The second-order valence-electron chi connectivity index (χ2n) is 8.24. The molecule has 0 aliphatic carbocycles. The molecule has 0 amide bonds. The predicted molar refractivity (Wildman–Crippen MR) is 121 cm³/mol. The molecule has 0 spiro atoms. The van der Waals surface area contributed by atoms with E-state index in [1.807, 2.05) is 0 Å². The quantitative estimate of drug-likeness (QED) is 0.238. The summed E-state index contributed by atoms with van der Waals surface area (Å²) in [6.07, 6.45) is -8.29. The minimum absolute atomic E-state index is 0.0864. The lowest BCUT2D eigenvalue weighted by Gasteiger charge is -2.42. The highest BCUT2D eigenvalue weighted by Crippen LogP contribution is 2.43. The number of hydrogen-bond donors (Lipinski definition) is 7. The number of aromatic hydroxyl groups is 2. The number of aliphatic hydroxyl groups is 5. The lowest BCUT2D eigenvalue weighted by Crippen LogP contribution is -2.59. The summed E-state index contributed by atoms with van der Waals surface area (Å²) in [5.74, 6) is -0.461. The molecule has 11 heteroatoms. The van der Waals surface area contributed by atoms with E-state index in [0.717, 1.165) is 0 Å². The van der Waals surface area contributed by atoms with E-state index in [-0.39, 0.29) is 36.0 Å². The van der Waals surface area contributed by atoms with Crippen LogP contribution in [0.1, 0.15) is 29.6 Å². The van der Waals surface area contributed by atoms with Crippen molar-refractivity contribution in [2.75, 3.05) is 27.4 Å². The molecule has 1 saturated heterocycles. The van der Waals surface area contributed by atoms with Gasteiger partial charge in [0.1, 0.15) is 24.4 Å². The van der Waals surface area contributed by atoms with Gasteiger partial charge in [-0.1, -0.05) is 12.1 Å². The van der Waals surface area contributed by atoms with E-state index >= 15 is 0 Å². The number of ether oxygens (including phenoxy) is 4. The summed E-state index contributed by atoms with van der Waals surface area (Å²) in [6, 6.07) is 9.11. The largest absolute Gasteiger partial charge is 0.504 e. The van der Waals surface area contributed by atoms with Crippen molar-refractivity contribution in [3.05, 3.63) is 47.5 Å². The van der Waals surface area contributed by atoms with Crippen LogP contribution in [0.5, 0.6) is 23.0 Å². The topological polar surface area (TPSA) is 179 Å². The standard InChI is InChI=1S/C24H32O11/c1-32-17-9-12(3-5-15(17)27)14(7-8-25)23(13-4-6-16(28)18(10-13)33-2)35-24-22(31)21(30)20(29)19(11-26)34-24/h3-6,9-10,14,19-31H,7-8,11H2,1-2H3/t14-,19+,20+,21-,22+,23-,24-/m0/s1. The maximum atomic E-state index is 10.6. The third-order valence-corrected chi connectivity index (χ3v) is 6.10. The van der Waals surface area contributed by atoms with Crippen LogP contribution in [-0.4, -0.2) is 93.9 Å². The molecular formula is C24H32O11. The van der Waals surface area contributed by atoms with Crippen molar-refractivity contribution >= 4 is 0 Å². The predicted octanol–water partition coefficient (Wildman–Crippen LogP) is 0.139. The molecule has 7 N–H and O–H groups in total. The molecule has 0 radical (unpaired) electrons. The highest BCUT2D eigenvalue weighted by molar-refractivity contribution is 5.46. The maximum Gasteiger partial charge on any atom is 0.187 e. The van der Waals surface area contributed by atoms with Gasteiger partial charge in [-0.25, -0.2) is 0 Å². The van der Waals surface area contributed by atoms with Crippen LogP contribution in [0, 0.1) is 0 Å². The first kappa shape index (κ1) is 27.0. The van der Waals surface area contributed by atoms with Crippen LogP contribution in [-0.2, 0) is 9.47 Å². The Labute approximate surface area is 202 Å². The van der Waals surface area contributed by atoms with E-state index < -0.39 is 49.3 Å². The van der Waals surface area contributed by atoms with Crippen LogP contribution in [0.4, 0.5) is 0 Å². The summed E-state index contributed by atoms with van der Waals surface area (Å²) in [5.41, 5.74) is 1.08. The Balaban J connectivity index is 2.08. The van der Waals surface area contributed by atoms with E-state index in [1.54, 1.807) is 18.2 Å². The lowest BCUT2D eigenvalue weighted by molar-refractivity contribution is -0.314. The summed E-state index contributed by atoms with van der Waals surface area (Å²) in [6.45, 7) is -0.880. The second-order valence-corrected chi connectivity index (χ2v) is 8.24. The SMILES string of the molecule is COc1cc([C@H](CCO)[C@@H](O[C@@H]2O[C@H](CO)[C@@H](O)[C@H](O)[C@H]2O)c2ccc(O)c(OC)c2)ccc1O. The van der Waals surface area contributed by atoms with Crippen molar-refractivity contribution in [3.8, 4) is 23.0 Å². The molecule has 35 heavy (non-hydrogen) atoms. The Morgan fingerprint density at radius 3 is 1.94 bits per heavy atom. The number of hydrogen-bond acceptors (Lipinski definition) is 11. The Morgan fingerprint density at radius 2 is 1.40 bits per heavy atom. The first-order valence-corrected chi connectivity index (χ1v) is 11.1. The van der Waals surface area contributed by atoms with Crippen LogP contribution in [0.25, 0.3) is 0 Å². The highest BCUT2D eigenvalue weighted by Gasteiger charge is 2.45. The summed E-state index contributed by atoms with van der Waals surface area (Å²) in [5, 5.41) is 70.4. The number of phenols is 2. The molecule has 1 aliphatic rings. The zero-order valence-electron chi connectivity index (χ0n) is 19.4. The monoisotopic (exact) mass is 496 g/mol. The normalized spacial score (nSPS) is 26.2. The van der Waals surface area contributed by atoms with Crippen LogP contribution in [0.2, 0.25) is 0 Å². The van der Waals surface area contributed by atoms with E-state index in [9.17, 15) is 35.7 Å². The number of aliphatic hydroxyl groups excluding tert-OH is 5. The van der Waals surface area contributed by atoms with Gasteiger partial charge < -0.3 is 54.7 Å². The number of rotatable bonds is 10. The van der Waals surface area contributed by atoms with Gasteiger partial charge in [0.05, 0.1) is 26.9 Å². The summed E-state index contributed by atoms with van der Waals surface area (Å²) >= 11 is 0. The number of phenolic OH excluding ortho intramolecular Hbond substituents is 2. The van der Waals surface area contributed by atoms with Crippen molar-refractivity contribution in [3.63, 3.8) is 0 Å². The van der Waals surface area contributed by atoms with E-state index in [2.05, 4.69) is 0 Å². The van der Waals surface area contributed by atoms with Gasteiger partial charge >= 0.3 is 0 Å². The fraction of sp³-hybridized carbons (Fsp3) is 0.500. The molecule has 194 valence electrons. The first-order valence-electron chi connectivity index (χ1n) is 11.1. The zero-order valence-corrected chi connectivity index (χ0v) is 19.4. The molecule has 0 bridgehead atoms. The molecule has 0 saturated carbocycles. The Kier molecular flexibility index (Phi) is 9.14. The van der Waals surface area contributed by atoms with E-state index in [1.165, 1.54) is 32.4 Å². The van der Waals surface area contributed by atoms with Crippen molar-refractivity contribution in [1.29, 1.82) is 0 Å². The first-order chi connectivity index (χ1) is 16.7. The fourth-order valence-corrected chi connectivity index (χ4v) is 4.16. The molecule has 7 atom stereocenters. The Morgan fingerprint density at radius 1 is 0.829 bits per heavy atom. The molecule has 0 unspecified atom stereocenters. The van der Waals surface area contributed by atoms with Gasteiger partial charge in [-0.3, -0.25) is 0 Å². The molecule has 1 aliphatic heterocycles. The van der Waals surface area contributed by atoms with Gasteiger partial charge in [0.2, 0.25) is 0 Å². The second kappa shape index (κ2) is 11.9. The smallest absolute Gasteiger partial charge is 0.187 e. The van der Waals surface area contributed by atoms with Crippen LogP contribution in [0.3, 0.4) is 0 Å². The van der Waals surface area contributed by atoms with Crippen LogP contribution in [0.15, 0.2) is 36.4 Å². The third kappa shape index (κ3) is 5.78. The highest BCUT2D eigenvalue weighted by atomic mass is 16.7. The summed E-state index contributed by atoms with van der Waals surface area (Å²) in [7, 11) is 2.77. The number of methoxy groups -OCH3 is 2.